The zero-order valence-electron chi connectivity index (χ0n) is 38.2. The van der Waals surface area contributed by atoms with Crippen LogP contribution in [0.5, 0.6) is 0 Å². The number of aromatic nitrogens is 6. The number of amides is 4. The van der Waals surface area contributed by atoms with Gasteiger partial charge in [-0.25, -0.2) is 5.43 Å². The van der Waals surface area contributed by atoms with E-state index in [0.717, 1.165) is 33.4 Å². The lowest BCUT2D eigenvalue weighted by Gasteiger charge is -2.36. The van der Waals surface area contributed by atoms with Crippen molar-refractivity contribution in [1.82, 2.24) is 55.3 Å². The molecule has 64 heavy (non-hydrogen) atoms. The van der Waals surface area contributed by atoms with E-state index in [9.17, 15) is 24.0 Å². The monoisotopic (exact) mass is 879 g/mol. The molecule has 0 saturated carbocycles. The van der Waals surface area contributed by atoms with Crippen LogP contribution in [-0.2, 0) is 53.0 Å². The van der Waals surface area contributed by atoms with Crippen molar-refractivity contribution in [3.05, 3.63) is 60.4 Å². The molecular formula is C46H61N11O7. The molecule has 4 aromatic rings. The first-order valence-electron chi connectivity index (χ1n) is 22.2. The van der Waals surface area contributed by atoms with Gasteiger partial charge >= 0.3 is 5.97 Å². The number of carbonyl (C=O) groups is 5. The molecule has 18 nitrogen and oxygen atoms in total. The lowest BCUT2D eigenvalue weighted by atomic mass is 9.84. The maximum Gasteiger partial charge on any atom is 0.324 e. The molecule has 5 atom stereocenters. The van der Waals surface area contributed by atoms with Gasteiger partial charge in [0.2, 0.25) is 23.5 Å². The molecule has 0 unspecified atom stereocenters. The van der Waals surface area contributed by atoms with Crippen LogP contribution in [0.2, 0.25) is 0 Å². The minimum atomic E-state index is -1.23. The molecule has 1 aromatic carbocycles. The number of hydrogen-bond donors (Lipinski definition) is 2. The van der Waals surface area contributed by atoms with Crippen molar-refractivity contribution in [2.45, 2.75) is 105 Å². The van der Waals surface area contributed by atoms with Crippen molar-refractivity contribution in [3.8, 4) is 22.6 Å². The Kier molecular flexibility index (Phi) is 13.6. The summed E-state index contributed by atoms with van der Waals surface area (Å²) >= 11 is 0. The van der Waals surface area contributed by atoms with E-state index in [0.29, 0.717) is 50.2 Å². The summed E-state index contributed by atoms with van der Waals surface area (Å²) in [6.45, 7) is 16.9. The van der Waals surface area contributed by atoms with Gasteiger partial charge in [0, 0.05) is 74.0 Å². The van der Waals surface area contributed by atoms with Gasteiger partial charge in [-0.15, -0.1) is 10.2 Å². The number of pyridine rings is 1. The molecule has 2 N–H and O–H groups in total. The van der Waals surface area contributed by atoms with Gasteiger partial charge in [0.1, 0.15) is 18.1 Å². The Balaban J connectivity index is 1.27. The van der Waals surface area contributed by atoms with Gasteiger partial charge in [-0.05, 0) is 92.6 Å². The molecular weight excluding hydrogens is 819 g/mol. The second-order valence-corrected chi connectivity index (χ2v) is 18.2. The number of cyclic esters (lactones) is 1. The molecule has 0 aliphatic carbocycles. The number of carbonyl (C=O) groups excluding carboxylic acids is 5. The molecule has 0 spiro atoms. The summed E-state index contributed by atoms with van der Waals surface area (Å²) < 4.78 is 14.1. The Bertz CT molecular complexity index is 2420. The number of nitrogens with one attached hydrogen (secondary N) is 2. The van der Waals surface area contributed by atoms with E-state index in [1.54, 1.807) is 25.3 Å². The summed E-state index contributed by atoms with van der Waals surface area (Å²) in [6, 6.07) is 7.00. The lowest BCUT2D eigenvalue weighted by molar-refractivity contribution is -0.155. The number of nitrogens with zero attached hydrogens (tertiary/aromatic N) is 9. The number of hydrazine groups is 1. The molecule has 6 bridgehead atoms. The average Bonchev–Trinajstić information content (AvgIpc) is 4.05. The fourth-order valence-corrected chi connectivity index (χ4v) is 9.32. The normalized spacial score (nSPS) is 21.3. The summed E-state index contributed by atoms with van der Waals surface area (Å²) in [7, 11) is 3.24. The third-order valence-corrected chi connectivity index (χ3v) is 12.7. The van der Waals surface area contributed by atoms with E-state index in [2.05, 4.69) is 59.0 Å². The average molecular weight is 880 g/mol. The molecule has 3 aliphatic rings. The SMILES string of the molecule is C=CC(=O)N1CC[C@H](C(=O)N(C)[C@H](C(=O)N[C@H]2Cn3nnc(n3)-c3ccc4c(c3)c(c(-c3cccnc3[C@H](C)OC)n4CC)CC(C)(C)COC(=O)[C@@H]3CCCN(N3)C2=O)C(C)C)C1. The molecule has 3 aromatic heterocycles. The van der Waals surface area contributed by atoms with E-state index >= 15 is 0 Å². The first-order chi connectivity index (χ1) is 30.5. The predicted octanol–water partition coefficient (Wildman–Crippen LogP) is 3.71. The molecule has 0 radical (unpaired) electrons. The van der Waals surface area contributed by atoms with Crippen LogP contribution in [0.15, 0.2) is 49.2 Å². The third kappa shape index (κ3) is 9.29. The highest BCUT2D eigenvalue weighted by atomic mass is 16.5. The van der Waals surface area contributed by atoms with Gasteiger partial charge < -0.3 is 29.2 Å². The Morgan fingerprint density at radius 3 is 2.62 bits per heavy atom. The number of ether oxygens (including phenoxy) is 2. The fourth-order valence-electron chi connectivity index (χ4n) is 9.32. The minimum absolute atomic E-state index is 0.102. The van der Waals surface area contributed by atoms with Crippen molar-refractivity contribution in [1.29, 1.82) is 0 Å². The number of benzene rings is 1. The van der Waals surface area contributed by atoms with Crippen LogP contribution in [0, 0.1) is 17.3 Å². The van der Waals surface area contributed by atoms with E-state index < -0.39 is 47.2 Å². The highest BCUT2D eigenvalue weighted by Gasteiger charge is 2.40. The minimum Gasteiger partial charge on any atom is -0.464 e. The van der Waals surface area contributed by atoms with Crippen molar-refractivity contribution in [3.63, 3.8) is 0 Å². The molecule has 3 aliphatic heterocycles. The van der Waals surface area contributed by atoms with Crippen molar-refractivity contribution >= 4 is 40.5 Å². The van der Waals surface area contributed by atoms with Crippen LogP contribution < -0.4 is 10.7 Å². The number of rotatable bonds is 10. The number of likely N-dealkylation sites (N-methyl/N-ethyl adjacent to an activating group) is 1. The number of likely N-dealkylation sites (tertiary alicyclic amines) is 1. The number of tetrazole rings is 1. The lowest BCUT2D eigenvalue weighted by Crippen LogP contribution is -2.62. The molecule has 18 heteroatoms. The van der Waals surface area contributed by atoms with Gasteiger partial charge in [-0.3, -0.25) is 34.0 Å². The first kappa shape index (κ1) is 46.0. The summed E-state index contributed by atoms with van der Waals surface area (Å²) in [5, 5.41) is 18.8. The van der Waals surface area contributed by atoms with Crippen LogP contribution >= 0.6 is 0 Å². The van der Waals surface area contributed by atoms with Gasteiger partial charge in [0.15, 0.2) is 0 Å². The number of fused-ring (bicyclic) bond motifs is 6. The smallest absolute Gasteiger partial charge is 0.324 e. The second kappa shape index (κ2) is 19.0. The number of aryl methyl sites for hydroxylation is 1. The van der Waals surface area contributed by atoms with E-state index in [1.807, 2.05) is 45.0 Å². The van der Waals surface area contributed by atoms with Crippen molar-refractivity contribution in [2.75, 3.05) is 40.4 Å². The topological polar surface area (TPSA) is 199 Å². The van der Waals surface area contributed by atoms with E-state index in [-0.39, 0.29) is 50.1 Å². The number of hydrogen-bond acceptors (Lipinski definition) is 12. The van der Waals surface area contributed by atoms with Crippen LogP contribution in [-0.4, -0.2) is 133 Å². The summed E-state index contributed by atoms with van der Waals surface area (Å²) in [5.41, 5.74) is 8.00. The van der Waals surface area contributed by atoms with Gasteiger partial charge in [-0.1, -0.05) is 34.3 Å². The Morgan fingerprint density at radius 2 is 1.91 bits per heavy atom. The van der Waals surface area contributed by atoms with Crippen LogP contribution in [0.3, 0.4) is 0 Å². The third-order valence-electron chi connectivity index (χ3n) is 12.7. The molecule has 2 fully saturated rings. The highest BCUT2D eigenvalue weighted by molar-refractivity contribution is 5.95. The summed E-state index contributed by atoms with van der Waals surface area (Å²) in [6.07, 6.45) is 4.64. The van der Waals surface area contributed by atoms with Gasteiger partial charge in [-0.2, -0.15) is 4.80 Å². The molecule has 6 heterocycles. The molecule has 4 amide bonds. The number of esters is 1. The Labute approximate surface area is 373 Å². The quantitative estimate of drug-likeness (QED) is 0.173. The Hall–Kier alpha value is -6.01. The van der Waals surface area contributed by atoms with E-state index in [4.69, 9.17) is 19.6 Å². The van der Waals surface area contributed by atoms with Crippen LogP contribution in [0.25, 0.3) is 33.5 Å². The zero-order chi connectivity index (χ0) is 46.0. The predicted molar refractivity (Wildman–Crippen MR) is 238 cm³/mol. The standard InChI is InChI=1S/C46H61N11O7/c1-10-37(58)54-21-18-30(24-54)43(60)53(8)39(27(3)4)42(59)48-35-25-57-51-41(49-52-57)29-16-17-36-32(22-29)33(40(55(36)11-2)31-14-12-19-47-38(31)28(5)63-9)23-46(6,7)26-64-45(62)34-15-13-20-56(50-34)44(35)61/h10,12,14,16-17,19,22,27-28,30,34-35,39,50H,1,11,13,15,18,20-21,23-26H2,2-9H3,(H,48,59)/t28-,30-,34-,35-,39-/m0/s1. The summed E-state index contributed by atoms with van der Waals surface area (Å²) in [4.78, 5) is 77.9. The highest BCUT2D eigenvalue weighted by Crippen LogP contribution is 2.41. The second-order valence-electron chi connectivity index (χ2n) is 18.2. The maximum atomic E-state index is 14.5. The van der Waals surface area contributed by atoms with Gasteiger partial charge in [0.05, 0.1) is 36.6 Å². The van der Waals surface area contributed by atoms with Crippen LogP contribution in [0.1, 0.15) is 78.2 Å². The maximum absolute atomic E-state index is 14.5. The first-order valence-corrected chi connectivity index (χ1v) is 22.2. The van der Waals surface area contributed by atoms with Gasteiger partial charge in [0.25, 0.3) is 5.91 Å². The summed E-state index contributed by atoms with van der Waals surface area (Å²) in [5.74, 6) is -2.61. The zero-order valence-corrected chi connectivity index (χ0v) is 38.2. The van der Waals surface area contributed by atoms with E-state index in [1.165, 1.54) is 20.8 Å². The van der Waals surface area contributed by atoms with Crippen LogP contribution in [0.4, 0.5) is 0 Å². The number of methoxy groups -OCH3 is 1. The largest absolute Gasteiger partial charge is 0.464 e. The van der Waals surface area contributed by atoms with Crippen molar-refractivity contribution < 1.29 is 33.4 Å². The Morgan fingerprint density at radius 1 is 1.12 bits per heavy atom. The molecule has 2 saturated heterocycles. The fraction of sp³-hybridized carbons (Fsp3) is 0.543. The molecule has 7 rings (SSSR count). The van der Waals surface area contributed by atoms with Crippen molar-refractivity contribution in [2.24, 2.45) is 17.3 Å². The molecule has 342 valence electrons.